The van der Waals surface area contributed by atoms with Crippen molar-refractivity contribution < 1.29 is 28.6 Å². The lowest BCUT2D eigenvalue weighted by atomic mass is 10.1. The van der Waals surface area contributed by atoms with Gasteiger partial charge in [-0.2, -0.15) is 5.10 Å². The van der Waals surface area contributed by atoms with Crippen LogP contribution in [-0.2, 0) is 27.2 Å². The molecule has 1 heterocycles. The van der Waals surface area contributed by atoms with Crippen molar-refractivity contribution in [2.75, 3.05) is 26.6 Å². The molecule has 9 nitrogen and oxygen atoms in total. The molecule has 1 aliphatic rings. The van der Waals surface area contributed by atoms with E-state index in [1.807, 2.05) is 0 Å². The van der Waals surface area contributed by atoms with Crippen LogP contribution in [0.1, 0.15) is 32.8 Å². The predicted octanol–water partition coefficient (Wildman–Crippen LogP) is 2.13. The van der Waals surface area contributed by atoms with Gasteiger partial charge in [0.15, 0.2) is 0 Å². The molecule has 10 heteroatoms. The summed E-state index contributed by atoms with van der Waals surface area (Å²) in [4.78, 5) is 37.6. The average molecular weight is 431 g/mol. The lowest BCUT2D eigenvalue weighted by Crippen LogP contribution is -2.32. The van der Waals surface area contributed by atoms with E-state index >= 15 is 0 Å². The summed E-state index contributed by atoms with van der Waals surface area (Å²) in [6.45, 7) is 0. The minimum absolute atomic E-state index is 0.310. The maximum absolute atomic E-state index is 12.3. The molecule has 1 aliphatic carbocycles. The molecular formula is C20H21N3O6S. The number of benzene rings is 1. The lowest BCUT2D eigenvalue weighted by molar-refractivity contribution is -0.136. The topological polar surface area (TPSA) is 115 Å². The summed E-state index contributed by atoms with van der Waals surface area (Å²) < 4.78 is 15.2. The standard InChI is InChI=1S/C20H21N3O6S/c1-27-12-7-8-14(28-2)11(9-12)10-21-23-18(25)17(24)22-19-16(20(26)29-3)13-5-4-6-15(13)30-19/h7-10H,4-6H2,1-3H3,(H,22,24)(H,23,25)/b21-10+. The zero-order chi connectivity index (χ0) is 21.7. The third-order valence-corrected chi connectivity index (χ3v) is 5.76. The molecule has 0 saturated heterocycles. The molecule has 2 aromatic rings. The van der Waals surface area contributed by atoms with Gasteiger partial charge in [-0.05, 0) is 43.0 Å². The Balaban J connectivity index is 1.69. The van der Waals surface area contributed by atoms with Crippen molar-refractivity contribution in [3.8, 4) is 11.5 Å². The number of esters is 1. The number of aryl methyl sites for hydroxylation is 1. The van der Waals surface area contributed by atoms with Crippen LogP contribution in [0.2, 0.25) is 0 Å². The van der Waals surface area contributed by atoms with Gasteiger partial charge in [0.05, 0.1) is 33.1 Å². The maximum Gasteiger partial charge on any atom is 0.341 e. The Labute approximate surface area is 177 Å². The number of rotatable bonds is 6. The van der Waals surface area contributed by atoms with Crippen molar-refractivity contribution in [2.45, 2.75) is 19.3 Å². The molecule has 2 amide bonds. The molecule has 0 atom stereocenters. The minimum atomic E-state index is -0.975. The van der Waals surface area contributed by atoms with Gasteiger partial charge in [0.2, 0.25) is 0 Å². The first-order valence-electron chi connectivity index (χ1n) is 9.07. The zero-order valence-electron chi connectivity index (χ0n) is 16.7. The van der Waals surface area contributed by atoms with Gasteiger partial charge < -0.3 is 19.5 Å². The highest BCUT2D eigenvalue weighted by molar-refractivity contribution is 7.17. The van der Waals surface area contributed by atoms with Crippen LogP contribution in [0.5, 0.6) is 11.5 Å². The first-order chi connectivity index (χ1) is 14.5. The molecule has 0 saturated carbocycles. The van der Waals surface area contributed by atoms with E-state index in [-0.39, 0.29) is 0 Å². The van der Waals surface area contributed by atoms with E-state index in [0.717, 1.165) is 29.7 Å². The molecule has 1 aromatic carbocycles. The van der Waals surface area contributed by atoms with E-state index in [2.05, 4.69) is 15.8 Å². The van der Waals surface area contributed by atoms with Crippen molar-refractivity contribution in [3.63, 3.8) is 0 Å². The van der Waals surface area contributed by atoms with Crippen LogP contribution in [0.15, 0.2) is 23.3 Å². The number of carbonyl (C=O) groups excluding carboxylic acids is 3. The Kier molecular flexibility index (Phi) is 6.68. The van der Waals surface area contributed by atoms with Gasteiger partial charge in [-0.3, -0.25) is 9.59 Å². The molecule has 0 radical (unpaired) electrons. The SMILES string of the molecule is COC(=O)c1c(NC(=O)C(=O)N/N=C/c2cc(OC)ccc2OC)sc2c1CCC2. The number of fused-ring (bicyclic) bond motifs is 1. The van der Waals surface area contributed by atoms with Gasteiger partial charge in [0.25, 0.3) is 0 Å². The van der Waals surface area contributed by atoms with Crippen LogP contribution in [0.3, 0.4) is 0 Å². The highest BCUT2D eigenvalue weighted by Crippen LogP contribution is 2.39. The second-order valence-corrected chi connectivity index (χ2v) is 7.42. The van der Waals surface area contributed by atoms with Crippen molar-refractivity contribution in [3.05, 3.63) is 39.8 Å². The Morgan fingerprint density at radius 1 is 1.10 bits per heavy atom. The number of carbonyl (C=O) groups is 3. The van der Waals surface area contributed by atoms with E-state index in [1.54, 1.807) is 18.2 Å². The normalized spacial score (nSPS) is 12.4. The fraction of sp³-hybridized carbons (Fsp3) is 0.300. The number of nitrogens with one attached hydrogen (secondary N) is 2. The van der Waals surface area contributed by atoms with Gasteiger partial charge >= 0.3 is 17.8 Å². The molecular weight excluding hydrogens is 410 g/mol. The summed E-state index contributed by atoms with van der Waals surface area (Å²) in [6.07, 6.45) is 3.86. The predicted molar refractivity (Wildman–Crippen MR) is 112 cm³/mol. The van der Waals surface area contributed by atoms with Crippen molar-refractivity contribution in [1.29, 1.82) is 0 Å². The first-order valence-corrected chi connectivity index (χ1v) is 9.89. The number of ether oxygens (including phenoxy) is 3. The van der Waals surface area contributed by atoms with Crippen LogP contribution < -0.4 is 20.2 Å². The number of hydrazone groups is 1. The number of methoxy groups -OCH3 is 3. The Morgan fingerprint density at radius 2 is 1.90 bits per heavy atom. The molecule has 3 rings (SSSR count). The number of hydrogen-bond donors (Lipinski definition) is 2. The molecule has 0 aliphatic heterocycles. The summed E-state index contributed by atoms with van der Waals surface area (Å²) in [5.74, 6) is -1.34. The number of nitrogens with zero attached hydrogens (tertiary/aromatic N) is 1. The van der Waals surface area contributed by atoms with Gasteiger partial charge in [0.1, 0.15) is 16.5 Å². The highest BCUT2D eigenvalue weighted by Gasteiger charge is 2.29. The largest absolute Gasteiger partial charge is 0.497 e. The summed E-state index contributed by atoms with van der Waals surface area (Å²) in [6, 6.07) is 5.09. The molecule has 0 spiro atoms. The number of anilines is 1. The molecule has 158 valence electrons. The van der Waals surface area contributed by atoms with E-state index in [1.165, 1.54) is 38.9 Å². The van der Waals surface area contributed by atoms with Crippen LogP contribution in [0.4, 0.5) is 5.00 Å². The van der Waals surface area contributed by atoms with Crippen LogP contribution in [0, 0.1) is 0 Å². The number of thiophene rings is 1. The van der Waals surface area contributed by atoms with Crippen LogP contribution in [-0.4, -0.2) is 45.3 Å². The maximum atomic E-state index is 12.3. The van der Waals surface area contributed by atoms with Gasteiger partial charge in [-0.15, -0.1) is 11.3 Å². The van der Waals surface area contributed by atoms with Gasteiger partial charge in [-0.1, -0.05) is 0 Å². The third kappa shape index (κ3) is 4.43. The minimum Gasteiger partial charge on any atom is -0.497 e. The quantitative estimate of drug-likeness (QED) is 0.313. The van der Waals surface area contributed by atoms with Crippen LogP contribution >= 0.6 is 11.3 Å². The second-order valence-electron chi connectivity index (χ2n) is 6.31. The number of amides is 2. The van der Waals surface area contributed by atoms with E-state index in [4.69, 9.17) is 14.2 Å². The van der Waals surface area contributed by atoms with Crippen molar-refractivity contribution in [1.82, 2.24) is 5.43 Å². The van der Waals surface area contributed by atoms with Crippen molar-refractivity contribution in [2.24, 2.45) is 5.10 Å². The van der Waals surface area contributed by atoms with Gasteiger partial charge in [0, 0.05) is 10.4 Å². The molecule has 30 heavy (non-hydrogen) atoms. The molecule has 1 aromatic heterocycles. The van der Waals surface area contributed by atoms with Crippen LogP contribution in [0.25, 0.3) is 0 Å². The highest BCUT2D eigenvalue weighted by atomic mass is 32.1. The van der Waals surface area contributed by atoms with Gasteiger partial charge in [-0.25, -0.2) is 10.2 Å². The zero-order valence-corrected chi connectivity index (χ0v) is 17.6. The Hall–Kier alpha value is -3.40. The molecule has 2 N–H and O–H groups in total. The third-order valence-electron chi connectivity index (χ3n) is 4.55. The Bertz CT molecular complexity index is 1010. The average Bonchev–Trinajstić information content (AvgIpc) is 3.33. The van der Waals surface area contributed by atoms with E-state index < -0.39 is 17.8 Å². The number of hydrogen-bond acceptors (Lipinski definition) is 8. The molecule has 0 unspecified atom stereocenters. The lowest BCUT2D eigenvalue weighted by Gasteiger charge is -2.07. The summed E-state index contributed by atoms with van der Waals surface area (Å²) in [7, 11) is 4.31. The summed E-state index contributed by atoms with van der Waals surface area (Å²) in [5.41, 5.74) is 3.92. The monoisotopic (exact) mass is 431 g/mol. The fourth-order valence-corrected chi connectivity index (χ4v) is 4.39. The van der Waals surface area contributed by atoms with E-state index in [0.29, 0.717) is 27.6 Å². The van der Waals surface area contributed by atoms with Crippen molar-refractivity contribution >= 4 is 40.3 Å². The first kappa shape index (κ1) is 21.3. The smallest absolute Gasteiger partial charge is 0.341 e. The molecule has 0 fully saturated rings. The summed E-state index contributed by atoms with van der Waals surface area (Å²) >= 11 is 1.29. The molecule has 0 bridgehead atoms. The summed E-state index contributed by atoms with van der Waals surface area (Å²) in [5, 5.41) is 6.61. The van der Waals surface area contributed by atoms with E-state index in [9.17, 15) is 14.4 Å². The second kappa shape index (κ2) is 9.40. The fourth-order valence-electron chi connectivity index (χ4n) is 3.12. The Morgan fingerprint density at radius 3 is 2.60 bits per heavy atom.